The van der Waals surface area contributed by atoms with Gasteiger partial charge in [-0.3, -0.25) is 4.79 Å². The number of carbonyl (C=O) groups excluding carboxylic acids is 1. The minimum Gasteiger partial charge on any atom is -0.354 e. The molecule has 8 heteroatoms. The zero-order valence-corrected chi connectivity index (χ0v) is 13.8. The van der Waals surface area contributed by atoms with Gasteiger partial charge in [-0.05, 0) is 6.07 Å². The highest BCUT2D eigenvalue weighted by Gasteiger charge is 2.21. The minimum atomic E-state index is 0. The third-order valence-electron chi connectivity index (χ3n) is 3.08. The lowest BCUT2D eigenvalue weighted by Gasteiger charge is -2.26. The van der Waals surface area contributed by atoms with Gasteiger partial charge in [-0.2, -0.15) is 0 Å². The fraction of sp³-hybridized carbons (Fsp3) is 0.500. The van der Waals surface area contributed by atoms with Crippen LogP contribution in [0.15, 0.2) is 6.07 Å². The fourth-order valence-corrected chi connectivity index (χ4v) is 4.15. The molecular weight excluding hydrogens is 316 g/mol. The summed E-state index contributed by atoms with van der Waals surface area (Å²) in [6, 6.07) is 1.98. The Balaban J connectivity index is 0.00000147. The van der Waals surface area contributed by atoms with Gasteiger partial charge in [0, 0.05) is 40.3 Å². The van der Waals surface area contributed by atoms with Gasteiger partial charge in [0.1, 0.15) is 4.83 Å². The lowest BCUT2D eigenvalue weighted by atomic mass is 10.3. The van der Waals surface area contributed by atoms with E-state index >= 15 is 0 Å². The number of thiazole rings is 1. The predicted molar refractivity (Wildman–Crippen MR) is 87.8 cm³/mol. The Morgan fingerprint density at radius 3 is 2.65 bits per heavy atom. The maximum absolute atomic E-state index is 12.4. The monoisotopic (exact) mass is 332 g/mol. The van der Waals surface area contributed by atoms with E-state index in [1.54, 1.807) is 11.3 Å². The number of nitrogens with zero attached hydrogens (tertiary/aromatic N) is 3. The predicted octanol–water partition coefficient (Wildman–Crippen LogP) is 1.89. The molecule has 1 aliphatic heterocycles. The average Bonchev–Trinajstić information content (AvgIpc) is 2.97. The van der Waals surface area contributed by atoms with Crippen molar-refractivity contribution in [1.29, 1.82) is 0 Å². The molecule has 0 radical (unpaired) electrons. The summed E-state index contributed by atoms with van der Waals surface area (Å²) in [6.45, 7) is 3.35. The van der Waals surface area contributed by atoms with Crippen LogP contribution in [0.4, 0.5) is 5.13 Å². The van der Waals surface area contributed by atoms with Gasteiger partial charge in [0.25, 0.3) is 5.91 Å². The fourth-order valence-electron chi connectivity index (χ4n) is 2.04. The molecule has 1 saturated heterocycles. The van der Waals surface area contributed by atoms with Gasteiger partial charge in [-0.25, -0.2) is 4.98 Å². The number of thiophene rings is 1. The van der Waals surface area contributed by atoms with E-state index in [4.69, 9.17) is 0 Å². The maximum Gasteiger partial charge on any atom is 0.264 e. The van der Waals surface area contributed by atoms with E-state index in [1.807, 2.05) is 30.0 Å². The van der Waals surface area contributed by atoms with Gasteiger partial charge in [0.2, 0.25) is 0 Å². The summed E-state index contributed by atoms with van der Waals surface area (Å²) in [5.74, 6) is 0.142. The van der Waals surface area contributed by atoms with E-state index in [0.29, 0.717) is 0 Å². The molecule has 0 saturated carbocycles. The van der Waals surface area contributed by atoms with Gasteiger partial charge in [-0.15, -0.1) is 23.7 Å². The van der Waals surface area contributed by atoms with Crippen LogP contribution in [0.25, 0.3) is 9.53 Å². The summed E-state index contributed by atoms with van der Waals surface area (Å²) in [4.78, 5) is 22.6. The topological polar surface area (TPSA) is 48.5 Å². The molecule has 110 valence electrons. The van der Waals surface area contributed by atoms with Crippen molar-refractivity contribution in [3.05, 3.63) is 10.9 Å². The van der Waals surface area contributed by atoms with Crippen LogP contribution >= 0.6 is 35.1 Å². The summed E-state index contributed by atoms with van der Waals surface area (Å²) < 4.78 is 1.10. The van der Waals surface area contributed by atoms with Crippen molar-refractivity contribution in [3.8, 4) is 0 Å². The molecule has 1 aliphatic rings. The number of piperazine rings is 1. The number of rotatable bonds is 2. The number of halogens is 1. The molecule has 0 unspecified atom stereocenters. The van der Waals surface area contributed by atoms with Gasteiger partial charge < -0.3 is 15.1 Å². The first kappa shape index (κ1) is 15.5. The molecule has 0 bridgehead atoms. The van der Waals surface area contributed by atoms with E-state index in [-0.39, 0.29) is 18.3 Å². The summed E-state index contributed by atoms with van der Waals surface area (Å²) in [5, 5.41) is 4.24. The summed E-state index contributed by atoms with van der Waals surface area (Å²) in [6.07, 6.45) is 0. The van der Waals surface area contributed by atoms with Gasteiger partial charge in [0.15, 0.2) is 5.13 Å². The molecule has 20 heavy (non-hydrogen) atoms. The second kappa shape index (κ2) is 6.26. The molecule has 0 aromatic carbocycles. The van der Waals surface area contributed by atoms with Crippen molar-refractivity contribution in [2.75, 3.05) is 45.2 Å². The number of hydrogen-bond acceptors (Lipinski definition) is 6. The number of carbonyl (C=O) groups is 1. The van der Waals surface area contributed by atoms with Crippen molar-refractivity contribution in [3.63, 3.8) is 0 Å². The number of fused-ring (bicyclic) bond motifs is 1. The number of nitrogens with one attached hydrogen (secondary N) is 1. The van der Waals surface area contributed by atoms with Crippen LogP contribution in [-0.2, 0) is 0 Å². The van der Waals surface area contributed by atoms with Crippen LogP contribution in [0.3, 0.4) is 0 Å². The Morgan fingerprint density at radius 1 is 1.35 bits per heavy atom. The van der Waals surface area contributed by atoms with Crippen molar-refractivity contribution < 1.29 is 4.79 Å². The first-order chi connectivity index (χ1) is 9.15. The molecule has 5 nitrogen and oxygen atoms in total. The smallest absolute Gasteiger partial charge is 0.264 e. The second-order valence-electron chi connectivity index (χ2n) is 4.71. The number of amides is 1. The third kappa shape index (κ3) is 2.90. The summed E-state index contributed by atoms with van der Waals surface area (Å²) in [5.41, 5.74) is 0. The molecular formula is C12H17ClN4OS2. The Kier molecular flexibility index (Phi) is 4.85. The Labute approximate surface area is 132 Å². The lowest BCUT2D eigenvalue weighted by Crippen LogP contribution is -2.46. The molecule has 0 aliphatic carbocycles. The van der Waals surface area contributed by atoms with E-state index in [2.05, 4.69) is 10.3 Å². The first-order valence-corrected chi connectivity index (χ1v) is 7.86. The average molecular weight is 333 g/mol. The SMILES string of the molecule is CN(C)c1nc2sc(C(=O)N3CCNCC3)cc2s1.Cl. The zero-order valence-electron chi connectivity index (χ0n) is 11.4. The van der Waals surface area contributed by atoms with Gasteiger partial charge in [0.05, 0.1) is 9.58 Å². The standard InChI is InChI=1S/C12H16N4OS2.ClH/c1-15(2)12-14-10-8(19-12)7-9(18-10)11(17)16-5-3-13-4-6-16;/h7,13H,3-6H2,1-2H3;1H. The summed E-state index contributed by atoms with van der Waals surface area (Å²) in [7, 11) is 3.96. The molecule has 1 N–H and O–H groups in total. The zero-order chi connectivity index (χ0) is 13.4. The highest BCUT2D eigenvalue weighted by atomic mass is 35.5. The van der Waals surface area contributed by atoms with E-state index in [1.165, 1.54) is 11.3 Å². The van der Waals surface area contributed by atoms with Crippen LogP contribution in [0, 0.1) is 0 Å². The number of anilines is 1. The molecule has 0 spiro atoms. The van der Waals surface area contributed by atoms with E-state index < -0.39 is 0 Å². The Bertz CT molecular complexity index is 572. The van der Waals surface area contributed by atoms with Gasteiger partial charge in [-0.1, -0.05) is 11.3 Å². The van der Waals surface area contributed by atoms with Crippen molar-refractivity contribution in [2.45, 2.75) is 0 Å². The molecule has 3 heterocycles. The lowest BCUT2D eigenvalue weighted by molar-refractivity contribution is 0.0741. The quantitative estimate of drug-likeness (QED) is 0.912. The molecule has 1 amide bonds. The Hall–Kier alpha value is -0.890. The molecule has 0 atom stereocenters. The van der Waals surface area contributed by atoms with Crippen molar-refractivity contribution in [1.82, 2.24) is 15.2 Å². The number of aromatic nitrogens is 1. The Morgan fingerprint density at radius 2 is 2.05 bits per heavy atom. The molecule has 3 rings (SSSR count). The molecule has 2 aromatic heterocycles. The maximum atomic E-state index is 12.4. The highest BCUT2D eigenvalue weighted by molar-refractivity contribution is 7.29. The van der Waals surface area contributed by atoms with E-state index in [0.717, 1.165) is 45.7 Å². The first-order valence-electron chi connectivity index (χ1n) is 6.23. The van der Waals surface area contributed by atoms with Crippen molar-refractivity contribution >= 4 is 55.6 Å². The third-order valence-corrected chi connectivity index (χ3v) is 5.39. The van der Waals surface area contributed by atoms with Crippen LogP contribution in [0.5, 0.6) is 0 Å². The highest BCUT2D eigenvalue weighted by Crippen LogP contribution is 2.34. The van der Waals surface area contributed by atoms with Crippen LogP contribution in [0.2, 0.25) is 0 Å². The number of hydrogen-bond donors (Lipinski definition) is 1. The van der Waals surface area contributed by atoms with Crippen LogP contribution < -0.4 is 10.2 Å². The van der Waals surface area contributed by atoms with Crippen LogP contribution in [-0.4, -0.2) is 56.1 Å². The minimum absolute atomic E-state index is 0. The summed E-state index contributed by atoms with van der Waals surface area (Å²) >= 11 is 3.13. The van der Waals surface area contributed by atoms with Gasteiger partial charge >= 0.3 is 0 Å². The van der Waals surface area contributed by atoms with Crippen LogP contribution in [0.1, 0.15) is 9.67 Å². The molecule has 2 aromatic rings. The normalized spacial score (nSPS) is 15.2. The van der Waals surface area contributed by atoms with Crippen molar-refractivity contribution in [2.24, 2.45) is 0 Å². The molecule has 1 fully saturated rings. The van der Waals surface area contributed by atoms with E-state index in [9.17, 15) is 4.79 Å². The second-order valence-corrected chi connectivity index (χ2v) is 6.75. The largest absolute Gasteiger partial charge is 0.354 e.